The zero-order chi connectivity index (χ0) is 11.5. The molecule has 0 atom stereocenters. The van der Waals surface area contributed by atoms with E-state index in [2.05, 4.69) is 25.9 Å². The van der Waals surface area contributed by atoms with Crippen molar-refractivity contribution in [3.8, 4) is 0 Å². The molecule has 2 aromatic rings. The van der Waals surface area contributed by atoms with Crippen molar-refractivity contribution in [1.82, 2.24) is 9.97 Å². The maximum absolute atomic E-state index is 13.6. The Morgan fingerprint density at radius 2 is 1.94 bits per heavy atom. The van der Waals surface area contributed by atoms with Crippen LogP contribution in [-0.4, -0.2) is 15.8 Å². The number of aromatic nitrogens is 2. The number of ketones is 1. The number of hydrogen-bond acceptors (Lipinski definition) is 3. The van der Waals surface area contributed by atoms with E-state index < -0.39 is 11.6 Å². The predicted octanol–water partition coefficient (Wildman–Crippen LogP) is 2.61. The van der Waals surface area contributed by atoms with Crippen LogP contribution in [0.25, 0.3) is 0 Å². The summed E-state index contributed by atoms with van der Waals surface area (Å²) in [7, 11) is 0. The summed E-state index contributed by atoms with van der Waals surface area (Å²) in [5, 5.41) is 0. The lowest BCUT2D eigenvalue weighted by Crippen LogP contribution is -2.05. The maximum Gasteiger partial charge on any atom is 0.199 e. The van der Waals surface area contributed by atoms with E-state index in [9.17, 15) is 9.18 Å². The third kappa shape index (κ3) is 1.99. The van der Waals surface area contributed by atoms with Crippen molar-refractivity contribution in [2.45, 2.75) is 0 Å². The van der Waals surface area contributed by atoms with E-state index in [1.807, 2.05) is 0 Å². The van der Waals surface area contributed by atoms with Gasteiger partial charge in [0.25, 0.3) is 0 Å². The molecule has 0 amide bonds. The van der Waals surface area contributed by atoms with E-state index in [1.54, 1.807) is 6.07 Å². The fourth-order valence-corrected chi connectivity index (χ4v) is 1.62. The Bertz CT molecular complexity index is 531. The van der Waals surface area contributed by atoms with Gasteiger partial charge < -0.3 is 0 Å². The van der Waals surface area contributed by atoms with E-state index in [0.717, 1.165) is 0 Å². The first kappa shape index (κ1) is 10.9. The van der Waals surface area contributed by atoms with Crippen LogP contribution in [0.2, 0.25) is 0 Å². The number of carbonyl (C=O) groups excluding carboxylic acids is 1. The molecule has 0 aliphatic carbocycles. The highest BCUT2D eigenvalue weighted by Crippen LogP contribution is 2.20. The average Bonchev–Trinajstić information content (AvgIpc) is 2.33. The molecule has 2 rings (SSSR count). The molecular weight excluding hydrogens is 275 g/mol. The van der Waals surface area contributed by atoms with Gasteiger partial charge in [0.1, 0.15) is 12.1 Å². The lowest BCUT2D eigenvalue weighted by Gasteiger charge is -2.02. The molecule has 5 heteroatoms. The van der Waals surface area contributed by atoms with Gasteiger partial charge in [-0.1, -0.05) is 6.07 Å². The molecule has 0 radical (unpaired) electrons. The minimum absolute atomic E-state index is 0.00387. The number of rotatable bonds is 2. The first-order valence-corrected chi connectivity index (χ1v) is 5.23. The normalized spacial score (nSPS) is 10.1. The second-order valence-electron chi connectivity index (χ2n) is 3.06. The topological polar surface area (TPSA) is 42.9 Å². The van der Waals surface area contributed by atoms with Gasteiger partial charge in [-0.05, 0) is 28.1 Å². The summed E-state index contributed by atoms with van der Waals surface area (Å²) in [6, 6.07) is 4.56. The summed E-state index contributed by atoms with van der Waals surface area (Å²) in [5.41, 5.74) is 0.267. The monoisotopic (exact) mass is 280 g/mol. The molecule has 0 N–H and O–H groups in total. The molecular formula is C11H6BrFN2O. The molecule has 0 saturated carbocycles. The van der Waals surface area contributed by atoms with Gasteiger partial charge in [-0.3, -0.25) is 4.79 Å². The quantitative estimate of drug-likeness (QED) is 0.795. The van der Waals surface area contributed by atoms with Crippen molar-refractivity contribution in [3.05, 3.63) is 58.3 Å². The van der Waals surface area contributed by atoms with Gasteiger partial charge >= 0.3 is 0 Å². The van der Waals surface area contributed by atoms with Gasteiger partial charge in [-0.2, -0.15) is 0 Å². The largest absolute Gasteiger partial charge is 0.288 e. The first-order valence-electron chi connectivity index (χ1n) is 4.44. The minimum Gasteiger partial charge on any atom is -0.288 e. The summed E-state index contributed by atoms with van der Waals surface area (Å²) in [5.74, 6) is -1.00. The molecule has 0 aliphatic heterocycles. The van der Waals surface area contributed by atoms with Gasteiger partial charge in [0.15, 0.2) is 5.78 Å². The van der Waals surface area contributed by atoms with Crippen molar-refractivity contribution in [2.75, 3.05) is 0 Å². The summed E-state index contributed by atoms with van der Waals surface area (Å²) < 4.78 is 13.9. The van der Waals surface area contributed by atoms with Crippen LogP contribution in [-0.2, 0) is 0 Å². The molecule has 0 saturated heterocycles. The summed E-state index contributed by atoms with van der Waals surface area (Å²) in [4.78, 5) is 19.3. The van der Waals surface area contributed by atoms with Crippen LogP contribution in [0, 0.1) is 5.82 Å². The standard InChI is InChI=1S/C11H6BrFN2O/c12-9-3-1-2-8(10(9)13)11(16)7-4-14-6-15-5-7/h1-6H. The molecule has 1 aromatic heterocycles. The van der Waals surface area contributed by atoms with E-state index >= 15 is 0 Å². The van der Waals surface area contributed by atoms with Crippen molar-refractivity contribution < 1.29 is 9.18 Å². The van der Waals surface area contributed by atoms with Crippen LogP contribution in [0.3, 0.4) is 0 Å². The highest BCUT2D eigenvalue weighted by molar-refractivity contribution is 9.10. The van der Waals surface area contributed by atoms with E-state index in [4.69, 9.17) is 0 Å². The number of nitrogens with zero attached hydrogens (tertiary/aromatic N) is 2. The lowest BCUT2D eigenvalue weighted by molar-refractivity contribution is 0.103. The second kappa shape index (κ2) is 4.49. The van der Waals surface area contributed by atoms with Crippen LogP contribution >= 0.6 is 15.9 Å². The fourth-order valence-electron chi connectivity index (χ4n) is 1.25. The van der Waals surface area contributed by atoms with E-state index in [-0.39, 0.29) is 15.6 Å². The molecule has 80 valence electrons. The number of benzene rings is 1. The minimum atomic E-state index is -0.573. The maximum atomic E-state index is 13.6. The first-order chi connectivity index (χ1) is 7.70. The highest BCUT2D eigenvalue weighted by atomic mass is 79.9. The highest BCUT2D eigenvalue weighted by Gasteiger charge is 2.15. The van der Waals surface area contributed by atoms with Gasteiger partial charge in [0.05, 0.1) is 15.6 Å². The molecule has 0 fully saturated rings. The smallest absolute Gasteiger partial charge is 0.199 e. The molecule has 0 spiro atoms. The van der Waals surface area contributed by atoms with Crippen LogP contribution in [0.1, 0.15) is 15.9 Å². The Morgan fingerprint density at radius 3 is 2.62 bits per heavy atom. The third-order valence-corrected chi connectivity index (χ3v) is 2.63. The molecule has 3 nitrogen and oxygen atoms in total. The van der Waals surface area contributed by atoms with E-state index in [0.29, 0.717) is 0 Å². The van der Waals surface area contributed by atoms with Crippen LogP contribution in [0.4, 0.5) is 4.39 Å². The summed E-state index contributed by atoms with van der Waals surface area (Å²) in [6.07, 6.45) is 4.03. The average molecular weight is 281 g/mol. The SMILES string of the molecule is O=C(c1cncnc1)c1cccc(Br)c1F. The fraction of sp³-hybridized carbons (Fsp3) is 0. The Morgan fingerprint density at radius 1 is 1.25 bits per heavy atom. The van der Waals surface area contributed by atoms with Crippen LogP contribution in [0.5, 0.6) is 0 Å². The number of hydrogen-bond donors (Lipinski definition) is 0. The molecule has 0 unspecified atom stereocenters. The summed E-state index contributed by atoms with van der Waals surface area (Å²) >= 11 is 3.03. The number of halogens is 2. The Labute approximate surface area is 99.5 Å². The second-order valence-corrected chi connectivity index (χ2v) is 3.91. The van der Waals surface area contributed by atoms with Crippen LogP contribution in [0.15, 0.2) is 41.4 Å². The van der Waals surface area contributed by atoms with Crippen molar-refractivity contribution in [2.24, 2.45) is 0 Å². The molecule has 16 heavy (non-hydrogen) atoms. The predicted molar refractivity (Wildman–Crippen MR) is 59.6 cm³/mol. The van der Waals surface area contributed by atoms with Crippen molar-refractivity contribution >= 4 is 21.7 Å². The lowest BCUT2D eigenvalue weighted by atomic mass is 10.1. The van der Waals surface area contributed by atoms with E-state index in [1.165, 1.54) is 30.9 Å². The van der Waals surface area contributed by atoms with Gasteiger partial charge in [0, 0.05) is 12.4 Å². The number of carbonyl (C=O) groups is 1. The van der Waals surface area contributed by atoms with Gasteiger partial charge in [0.2, 0.25) is 0 Å². The Hall–Kier alpha value is -1.62. The van der Waals surface area contributed by atoms with Crippen molar-refractivity contribution in [3.63, 3.8) is 0 Å². The molecule has 1 aromatic carbocycles. The molecule has 0 aliphatic rings. The Balaban J connectivity index is 2.46. The zero-order valence-electron chi connectivity index (χ0n) is 8.02. The zero-order valence-corrected chi connectivity index (χ0v) is 9.61. The van der Waals surface area contributed by atoms with Crippen LogP contribution < -0.4 is 0 Å². The molecule has 1 heterocycles. The van der Waals surface area contributed by atoms with Gasteiger partial charge in [-0.25, -0.2) is 14.4 Å². The Kier molecular flexibility index (Phi) is 3.05. The molecule has 0 bridgehead atoms. The van der Waals surface area contributed by atoms with Crippen molar-refractivity contribution in [1.29, 1.82) is 0 Å². The third-order valence-electron chi connectivity index (χ3n) is 2.02. The van der Waals surface area contributed by atoms with Gasteiger partial charge in [-0.15, -0.1) is 0 Å². The summed E-state index contributed by atoms with van der Waals surface area (Å²) in [6.45, 7) is 0.